The number of ether oxygens (including phenoxy) is 1. The summed E-state index contributed by atoms with van der Waals surface area (Å²) in [5.74, 6) is 0.789. The Morgan fingerprint density at radius 2 is 1.25 bits per heavy atom. The van der Waals surface area contributed by atoms with Gasteiger partial charge in [-0.05, 0) is 37.1 Å². The molecule has 3 rings (SSSR count). The Labute approximate surface area is 166 Å². The number of aliphatic hydroxyl groups excluding tert-OH is 1. The lowest BCUT2D eigenvalue weighted by molar-refractivity contribution is 0.280. The van der Waals surface area contributed by atoms with E-state index < -0.39 is 0 Å². The van der Waals surface area contributed by atoms with Crippen LogP contribution in [-0.2, 0) is 0 Å². The molecule has 0 aliphatic carbocycles. The van der Waals surface area contributed by atoms with Crippen molar-refractivity contribution in [1.82, 2.24) is 15.0 Å². The normalized spacial score (nSPS) is 10.8. The van der Waals surface area contributed by atoms with Gasteiger partial charge in [-0.15, -0.1) is 0 Å². The second-order valence-electron chi connectivity index (χ2n) is 6.70. The first-order valence-electron chi connectivity index (χ1n) is 9.95. The van der Waals surface area contributed by atoms with Gasteiger partial charge in [-0.1, -0.05) is 37.8 Å². The minimum absolute atomic E-state index is 0.294. The molecule has 0 aliphatic heterocycles. The van der Waals surface area contributed by atoms with E-state index in [0.29, 0.717) is 13.2 Å². The molecule has 3 aromatic heterocycles. The summed E-state index contributed by atoms with van der Waals surface area (Å²) in [7, 11) is 0. The van der Waals surface area contributed by atoms with Crippen LogP contribution in [0.25, 0.3) is 22.8 Å². The van der Waals surface area contributed by atoms with Crippen molar-refractivity contribution in [3.05, 3.63) is 60.9 Å². The maximum absolute atomic E-state index is 8.81. The highest BCUT2D eigenvalue weighted by Gasteiger charge is 2.09. The fourth-order valence-electron chi connectivity index (χ4n) is 2.99. The highest BCUT2D eigenvalue weighted by Crippen LogP contribution is 2.26. The Morgan fingerprint density at radius 3 is 1.79 bits per heavy atom. The highest BCUT2D eigenvalue weighted by atomic mass is 16.5. The van der Waals surface area contributed by atoms with Crippen molar-refractivity contribution in [2.24, 2.45) is 0 Å². The predicted molar refractivity (Wildman–Crippen MR) is 111 cm³/mol. The van der Waals surface area contributed by atoms with Gasteiger partial charge in [0.1, 0.15) is 5.75 Å². The van der Waals surface area contributed by atoms with Crippen molar-refractivity contribution >= 4 is 0 Å². The van der Waals surface area contributed by atoms with Gasteiger partial charge >= 0.3 is 0 Å². The molecule has 0 spiro atoms. The lowest BCUT2D eigenvalue weighted by atomic mass is 10.1. The van der Waals surface area contributed by atoms with Crippen molar-refractivity contribution in [3.63, 3.8) is 0 Å². The summed E-state index contributed by atoms with van der Waals surface area (Å²) < 4.78 is 6.02. The largest absolute Gasteiger partial charge is 0.493 e. The monoisotopic (exact) mass is 377 g/mol. The van der Waals surface area contributed by atoms with Crippen LogP contribution in [0.5, 0.6) is 5.75 Å². The van der Waals surface area contributed by atoms with Crippen LogP contribution in [0.2, 0.25) is 0 Å². The van der Waals surface area contributed by atoms with E-state index in [1.165, 1.54) is 12.8 Å². The molecule has 146 valence electrons. The predicted octanol–water partition coefficient (Wildman–Crippen LogP) is 4.92. The van der Waals surface area contributed by atoms with E-state index in [2.05, 4.69) is 9.97 Å². The average Bonchev–Trinajstić information content (AvgIpc) is 2.76. The van der Waals surface area contributed by atoms with Crippen LogP contribution in [0.4, 0.5) is 0 Å². The van der Waals surface area contributed by atoms with Crippen molar-refractivity contribution in [2.75, 3.05) is 13.2 Å². The van der Waals surface area contributed by atoms with Gasteiger partial charge in [0.25, 0.3) is 0 Å². The molecule has 3 heterocycles. The molecule has 0 amide bonds. The maximum Gasteiger partial charge on any atom is 0.123 e. The van der Waals surface area contributed by atoms with Crippen LogP contribution < -0.4 is 4.74 Å². The fraction of sp³-hybridized carbons (Fsp3) is 0.348. The van der Waals surface area contributed by atoms with E-state index >= 15 is 0 Å². The number of hydrogen-bond donors (Lipinski definition) is 1. The minimum atomic E-state index is 0.294. The summed E-state index contributed by atoms with van der Waals surface area (Å²) in [5, 5.41) is 8.81. The third kappa shape index (κ3) is 6.13. The number of nitrogens with zero attached hydrogens (tertiary/aromatic N) is 3. The quantitative estimate of drug-likeness (QED) is 0.481. The lowest BCUT2D eigenvalue weighted by Crippen LogP contribution is -2.00. The van der Waals surface area contributed by atoms with Gasteiger partial charge in [0, 0.05) is 31.1 Å². The van der Waals surface area contributed by atoms with Crippen LogP contribution in [0.3, 0.4) is 0 Å². The first-order valence-corrected chi connectivity index (χ1v) is 9.95. The zero-order valence-electron chi connectivity index (χ0n) is 16.1. The standard InChI is InChI=1S/C23H27N3O2/c27-15-9-3-1-2-4-10-16-28-19-17-22(20-11-5-7-13-24-20)26-23(18-19)21-12-6-8-14-25-21/h5-8,11-14,17-18,27H,1-4,9-10,15-16H2. The summed E-state index contributed by atoms with van der Waals surface area (Å²) in [6, 6.07) is 15.5. The minimum Gasteiger partial charge on any atom is -0.493 e. The molecule has 0 radical (unpaired) electrons. The van der Waals surface area contributed by atoms with Crippen LogP contribution in [0, 0.1) is 0 Å². The van der Waals surface area contributed by atoms with Gasteiger partial charge < -0.3 is 9.84 Å². The molecule has 0 unspecified atom stereocenters. The molecule has 5 nitrogen and oxygen atoms in total. The topological polar surface area (TPSA) is 68.1 Å². The second-order valence-corrected chi connectivity index (χ2v) is 6.70. The van der Waals surface area contributed by atoms with Crippen LogP contribution in [0.15, 0.2) is 60.9 Å². The van der Waals surface area contributed by atoms with E-state index in [0.717, 1.165) is 54.2 Å². The molecular formula is C23H27N3O2. The second kappa shape index (κ2) is 11.1. The Hall–Kier alpha value is -2.79. The van der Waals surface area contributed by atoms with Gasteiger partial charge in [-0.25, -0.2) is 4.98 Å². The molecule has 0 bridgehead atoms. The molecule has 0 saturated heterocycles. The number of unbranched alkanes of at least 4 members (excludes halogenated alkanes) is 5. The molecule has 0 atom stereocenters. The zero-order chi connectivity index (χ0) is 19.4. The number of pyridine rings is 3. The first-order chi connectivity index (χ1) is 13.9. The van der Waals surface area contributed by atoms with Gasteiger partial charge in [0.05, 0.1) is 29.4 Å². The van der Waals surface area contributed by atoms with Crippen LogP contribution in [-0.4, -0.2) is 33.3 Å². The number of aliphatic hydroxyl groups is 1. The Kier molecular flexibility index (Phi) is 7.94. The number of aromatic nitrogens is 3. The molecule has 28 heavy (non-hydrogen) atoms. The van der Waals surface area contributed by atoms with Gasteiger partial charge in [0.15, 0.2) is 0 Å². The highest BCUT2D eigenvalue weighted by molar-refractivity contribution is 5.64. The summed E-state index contributed by atoms with van der Waals surface area (Å²) in [5.41, 5.74) is 3.19. The smallest absolute Gasteiger partial charge is 0.123 e. The van der Waals surface area contributed by atoms with E-state index in [1.54, 1.807) is 12.4 Å². The summed E-state index contributed by atoms with van der Waals surface area (Å²) in [4.78, 5) is 13.6. The summed E-state index contributed by atoms with van der Waals surface area (Å²) >= 11 is 0. The van der Waals surface area contributed by atoms with Gasteiger partial charge in [-0.2, -0.15) is 0 Å². The fourth-order valence-corrected chi connectivity index (χ4v) is 2.99. The van der Waals surface area contributed by atoms with Crippen LogP contribution >= 0.6 is 0 Å². The van der Waals surface area contributed by atoms with E-state index in [-0.39, 0.29) is 0 Å². The summed E-state index contributed by atoms with van der Waals surface area (Å²) in [6.07, 6.45) is 10.0. The zero-order valence-corrected chi connectivity index (χ0v) is 16.1. The molecule has 0 aliphatic rings. The number of rotatable bonds is 11. The SMILES string of the molecule is OCCCCCCCCOc1cc(-c2ccccn2)nc(-c2ccccn2)c1. The van der Waals surface area contributed by atoms with Crippen molar-refractivity contribution < 1.29 is 9.84 Å². The summed E-state index contributed by atoms with van der Waals surface area (Å²) in [6.45, 7) is 0.968. The third-order valence-corrected chi connectivity index (χ3v) is 4.47. The maximum atomic E-state index is 8.81. The molecule has 0 aromatic carbocycles. The van der Waals surface area contributed by atoms with E-state index in [1.807, 2.05) is 48.5 Å². The average molecular weight is 377 g/mol. The molecule has 1 N–H and O–H groups in total. The third-order valence-electron chi connectivity index (χ3n) is 4.47. The molecule has 0 fully saturated rings. The van der Waals surface area contributed by atoms with Gasteiger partial charge in [0.2, 0.25) is 0 Å². The Balaban J connectivity index is 1.66. The molecule has 3 aromatic rings. The van der Waals surface area contributed by atoms with Gasteiger partial charge in [-0.3, -0.25) is 9.97 Å². The Bertz CT molecular complexity index is 768. The van der Waals surface area contributed by atoms with Crippen molar-refractivity contribution in [1.29, 1.82) is 0 Å². The van der Waals surface area contributed by atoms with E-state index in [9.17, 15) is 0 Å². The number of hydrogen-bond acceptors (Lipinski definition) is 5. The Morgan fingerprint density at radius 1 is 0.679 bits per heavy atom. The van der Waals surface area contributed by atoms with Crippen LogP contribution in [0.1, 0.15) is 38.5 Å². The first kappa shape index (κ1) is 20.0. The lowest BCUT2D eigenvalue weighted by Gasteiger charge is -2.10. The van der Waals surface area contributed by atoms with Crippen molar-refractivity contribution in [3.8, 4) is 28.5 Å². The molecular weight excluding hydrogens is 350 g/mol. The molecule has 0 saturated carbocycles. The van der Waals surface area contributed by atoms with Crippen molar-refractivity contribution in [2.45, 2.75) is 38.5 Å². The molecule has 5 heteroatoms. The van der Waals surface area contributed by atoms with E-state index in [4.69, 9.17) is 14.8 Å².